The lowest BCUT2D eigenvalue weighted by atomic mass is 9.91. The Morgan fingerprint density at radius 2 is 1.58 bits per heavy atom. The molecule has 0 spiro atoms. The van der Waals surface area contributed by atoms with Gasteiger partial charge in [0.2, 0.25) is 5.71 Å². The number of ether oxygens (including phenoxy) is 2. The Morgan fingerprint density at radius 1 is 0.903 bits per heavy atom. The fourth-order valence-corrected chi connectivity index (χ4v) is 4.11. The molecule has 0 saturated carbocycles. The third kappa shape index (κ3) is 4.39. The van der Waals surface area contributed by atoms with E-state index in [9.17, 15) is 8.78 Å². The Balaban J connectivity index is 0.00000272. The van der Waals surface area contributed by atoms with Crippen molar-refractivity contribution in [2.75, 3.05) is 20.8 Å². The predicted octanol–water partition coefficient (Wildman–Crippen LogP) is 2.25. The van der Waals surface area contributed by atoms with Crippen LogP contribution in [0.1, 0.15) is 22.3 Å². The monoisotopic (exact) mass is 463 g/mol. The van der Waals surface area contributed by atoms with E-state index in [-0.39, 0.29) is 30.6 Å². The van der Waals surface area contributed by atoms with Gasteiger partial charge in [-0.2, -0.15) is 0 Å². The minimum atomic E-state index is -0.381. The molecular formula is C24H21Cl2F2NO2. The number of nitrogens with zero attached hydrogens (tertiary/aromatic N) is 1. The van der Waals surface area contributed by atoms with Crippen molar-refractivity contribution in [3.8, 4) is 11.5 Å². The van der Waals surface area contributed by atoms with Gasteiger partial charge in [0, 0.05) is 6.42 Å². The largest absolute Gasteiger partial charge is 1.00 e. The molecule has 0 saturated heterocycles. The third-order valence-electron chi connectivity index (χ3n) is 5.37. The second-order valence-electron chi connectivity index (χ2n) is 7.06. The molecule has 0 bridgehead atoms. The van der Waals surface area contributed by atoms with E-state index in [0.29, 0.717) is 46.3 Å². The van der Waals surface area contributed by atoms with Gasteiger partial charge in [-0.05, 0) is 42.0 Å². The molecule has 0 atom stereocenters. The third-order valence-corrected chi connectivity index (χ3v) is 5.73. The van der Waals surface area contributed by atoms with E-state index in [4.69, 9.17) is 21.1 Å². The van der Waals surface area contributed by atoms with E-state index >= 15 is 0 Å². The summed E-state index contributed by atoms with van der Waals surface area (Å²) in [5.41, 5.74) is 3.35. The van der Waals surface area contributed by atoms with Gasteiger partial charge < -0.3 is 21.9 Å². The molecule has 0 N–H and O–H groups in total. The lowest BCUT2D eigenvalue weighted by molar-refractivity contribution is -0.544. The van der Waals surface area contributed by atoms with E-state index in [2.05, 4.69) is 0 Å². The molecule has 3 aromatic rings. The predicted molar refractivity (Wildman–Crippen MR) is 113 cm³/mol. The first-order valence-corrected chi connectivity index (χ1v) is 9.96. The smallest absolute Gasteiger partial charge is 0.218 e. The van der Waals surface area contributed by atoms with Gasteiger partial charge in [0.1, 0.15) is 18.2 Å². The summed E-state index contributed by atoms with van der Waals surface area (Å²) < 4.78 is 42.2. The normalized spacial score (nSPS) is 12.8. The second-order valence-corrected chi connectivity index (χ2v) is 7.47. The molecule has 3 aromatic carbocycles. The molecule has 0 unspecified atom stereocenters. The van der Waals surface area contributed by atoms with Gasteiger partial charge >= 0.3 is 0 Å². The van der Waals surface area contributed by atoms with Crippen LogP contribution in [-0.2, 0) is 13.0 Å². The summed E-state index contributed by atoms with van der Waals surface area (Å²) in [6.45, 7) is 0.805. The highest BCUT2D eigenvalue weighted by molar-refractivity contribution is 6.31. The van der Waals surface area contributed by atoms with Gasteiger partial charge in [-0.25, -0.2) is 13.4 Å². The van der Waals surface area contributed by atoms with Crippen LogP contribution in [0.25, 0.3) is 0 Å². The number of benzene rings is 3. The molecule has 162 valence electrons. The summed E-state index contributed by atoms with van der Waals surface area (Å²) in [5, 5.41) is 0.348. The van der Waals surface area contributed by atoms with Gasteiger partial charge in [0.15, 0.2) is 18.0 Å². The maximum absolute atomic E-state index is 14.9. The lowest BCUT2D eigenvalue weighted by Gasteiger charge is -2.21. The number of hydrogen-bond acceptors (Lipinski definition) is 2. The zero-order chi connectivity index (χ0) is 21.3. The fourth-order valence-electron chi connectivity index (χ4n) is 3.89. The minimum Gasteiger partial charge on any atom is -1.00 e. The van der Waals surface area contributed by atoms with Gasteiger partial charge in [0.05, 0.1) is 35.9 Å². The molecule has 0 radical (unpaired) electrons. The molecule has 1 aliphatic rings. The average molecular weight is 464 g/mol. The highest BCUT2D eigenvalue weighted by Crippen LogP contribution is 2.34. The zero-order valence-electron chi connectivity index (χ0n) is 17.1. The van der Waals surface area contributed by atoms with Crippen molar-refractivity contribution >= 4 is 17.3 Å². The Morgan fingerprint density at radius 3 is 2.26 bits per heavy atom. The van der Waals surface area contributed by atoms with E-state index in [0.717, 1.165) is 11.1 Å². The van der Waals surface area contributed by atoms with Crippen LogP contribution in [0.4, 0.5) is 8.78 Å². The van der Waals surface area contributed by atoms with Crippen LogP contribution in [-0.4, -0.2) is 31.1 Å². The Kier molecular flexibility index (Phi) is 7.19. The van der Waals surface area contributed by atoms with Crippen LogP contribution >= 0.6 is 11.6 Å². The second kappa shape index (κ2) is 9.67. The van der Waals surface area contributed by atoms with Gasteiger partial charge in [-0.15, -0.1) is 0 Å². The van der Waals surface area contributed by atoms with E-state index in [1.54, 1.807) is 44.6 Å². The molecule has 0 amide bonds. The fraction of sp³-hybridized carbons (Fsp3) is 0.208. The lowest BCUT2D eigenvalue weighted by Crippen LogP contribution is -3.00. The molecule has 4 rings (SSSR count). The van der Waals surface area contributed by atoms with Crippen molar-refractivity contribution in [2.45, 2.75) is 13.0 Å². The molecule has 3 nitrogen and oxygen atoms in total. The summed E-state index contributed by atoms with van der Waals surface area (Å²) in [5.74, 6) is 0.443. The minimum absolute atomic E-state index is 0. The number of fused-ring (bicyclic) bond motifs is 1. The van der Waals surface area contributed by atoms with Crippen LogP contribution < -0.4 is 21.9 Å². The highest BCUT2D eigenvalue weighted by atomic mass is 35.5. The van der Waals surface area contributed by atoms with Crippen molar-refractivity contribution in [3.05, 3.63) is 93.5 Å². The molecule has 31 heavy (non-hydrogen) atoms. The van der Waals surface area contributed by atoms with Crippen LogP contribution in [0.15, 0.2) is 54.6 Å². The van der Waals surface area contributed by atoms with Gasteiger partial charge in [0.25, 0.3) is 0 Å². The number of rotatable bonds is 5. The maximum atomic E-state index is 14.9. The zero-order valence-corrected chi connectivity index (χ0v) is 18.6. The maximum Gasteiger partial charge on any atom is 0.218 e. The molecule has 1 aliphatic heterocycles. The first-order valence-electron chi connectivity index (χ1n) is 9.58. The molecule has 0 aromatic heterocycles. The Hall–Kier alpha value is -2.63. The van der Waals surface area contributed by atoms with Crippen LogP contribution in [0.2, 0.25) is 5.02 Å². The summed E-state index contributed by atoms with van der Waals surface area (Å²) in [4.78, 5) is 0. The first kappa shape index (κ1) is 23.0. The van der Waals surface area contributed by atoms with Crippen LogP contribution in [0, 0.1) is 11.6 Å². The van der Waals surface area contributed by atoms with Crippen molar-refractivity contribution in [2.24, 2.45) is 0 Å². The van der Waals surface area contributed by atoms with Crippen molar-refractivity contribution in [3.63, 3.8) is 0 Å². The van der Waals surface area contributed by atoms with E-state index in [1.807, 2.05) is 16.7 Å². The topological polar surface area (TPSA) is 21.5 Å². The Bertz CT molecular complexity index is 1130. The molecule has 0 aliphatic carbocycles. The molecule has 7 heteroatoms. The van der Waals surface area contributed by atoms with Gasteiger partial charge in [-0.1, -0.05) is 29.8 Å². The van der Waals surface area contributed by atoms with E-state index < -0.39 is 0 Å². The van der Waals surface area contributed by atoms with Crippen LogP contribution in [0.3, 0.4) is 0 Å². The molecule has 1 heterocycles. The summed E-state index contributed by atoms with van der Waals surface area (Å²) in [7, 11) is 3.15. The van der Waals surface area contributed by atoms with Crippen molar-refractivity contribution < 1.29 is 35.2 Å². The number of methoxy groups -OCH3 is 2. The standard InChI is InChI=1S/C24H21ClF2NO2.ClH/c1-29-22-12-15-10-11-28(14-18-19(25)7-5-9-21(18)27)24(17(15)13-23(22)30-2)16-6-3-4-8-20(16)26;/h3-9,12-13H,10-11,14H2,1-2H3;1H/q+1;/p-1. The molecule has 0 fully saturated rings. The number of hydrogen-bond donors (Lipinski definition) is 0. The SMILES string of the molecule is COc1cc2c(cc1OC)C(c1ccccc1F)=[N+](Cc1c(F)cccc1Cl)CC2.[Cl-]. The van der Waals surface area contributed by atoms with Crippen molar-refractivity contribution in [1.29, 1.82) is 0 Å². The molecular weight excluding hydrogens is 443 g/mol. The van der Waals surface area contributed by atoms with E-state index in [1.165, 1.54) is 12.1 Å². The van der Waals surface area contributed by atoms with Gasteiger partial charge in [-0.3, -0.25) is 0 Å². The quantitative estimate of drug-likeness (QED) is 0.541. The summed E-state index contributed by atoms with van der Waals surface area (Å²) in [6, 6.07) is 15.0. The summed E-state index contributed by atoms with van der Waals surface area (Å²) >= 11 is 6.27. The number of halogens is 4. The van der Waals surface area contributed by atoms with Crippen LogP contribution in [0.5, 0.6) is 11.5 Å². The highest BCUT2D eigenvalue weighted by Gasteiger charge is 2.31. The Labute approximate surface area is 191 Å². The van der Waals surface area contributed by atoms with Crippen molar-refractivity contribution in [1.82, 2.24) is 0 Å². The summed E-state index contributed by atoms with van der Waals surface area (Å²) in [6.07, 6.45) is 0.694. The average Bonchev–Trinajstić information content (AvgIpc) is 2.75. The first-order chi connectivity index (χ1) is 14.5.